The van der Waals surface area contributed by atoms with Crippen LogP contribution in [0.25, 0.3) is 0 Å². The van der Waals surface area contributed by atoms with Crippen molar-refractivity contribution in [1.29, 1.82) is 0 Å². The number of hydrogen-bond acceptors (Lipinski definition) is 4. The van der Waals surface area contributed by atoms with Crippen LogP contribution in [0.3, 0.4) is 0 Å². The van der Waals surface area contributed by atoms with Crippen LogP contribution in [-0.4, -0.2) is 23.1 Å². The van der Waals surface area contributed by atoms with Gasteiger partial charge in [-0.15, -0.1) is 11.8 Å². The molecule has 0 spiro atoms. The first kappa shape index (κ1) is 13.6. The van der Waals surface area contributed by atoms with E-state index in [-0.39, 0.29) is 5.78 Å². The third kappa shape index (κ3) is 4.10. The number of carbonyl (C=O) groups excluding carboxylic acids is 1. The Hall–Kier alpha value is -1.81. The summed E-state index contributed by atoms with van der Waals surface area (Å²) in [5.74, 6) is 1.51. The van der Waals surface area contributed by atoms with Gasteiger partial charge >= 0.3 is 0 Å². The maximum atomic E-state index is 11.4. The van der Waals surface area contributed by atoms with E-state index in [9.17, 15) is 4.79 Å². The Morgan fingerprint density at radius 2 is 1.95 bits per heavy atom. The van der Waals surface area contributed by atoms with E-state index in [1.165, 1.54) is 4.90 Å². The first-order valence-corrected chi connectivity index (χ1v) is 7.01. The van der Waals surface area contributed by atoms with E-state index in [4.69, 9.17) is 4.74 Å². The lowest BCUT2D eigenvalue weighted by Gasteiger charge is -2.09. The molecule has 1 aromatic heterocycles. The second-order valence-electron chi connectivity index (χ2n) is 3.93. The first-order valence-electron chi connectivity index (χ1n) is 6.03. The zero-order valence-electron chi connectivity index (χ0n) is 10.7. The van der Waals surface area contributed by atoms with E-state index in [0.29, 0.717) is 17.9 Å². The number of ether oxygens (including phenoxy) is 1. The topological polar surface area (TPSA) is 39.2 Å². The SMILES string of the molecule is CC(=O)c1ccccc1OCCSc1ccncc1. The summed E-state index contributed by atoms with van der Waals surface area (Å²) in [5.41, 5.74) is 0.636. The highest BCUT2D eigenvalue weighted by atomic mass is 32.2. The molecular weight excluding hydrogens is 258 g/mol. The molecule has 0 aliphatic heterocycles. The van der Waals surface area contributed by atoms with Crippen molar-refractivity contribution in [2.24, 2.45) is 0 Å². The normalized spacial score (nSPS) is 10.2. The molecule has 1 aromatic carbocycles. The van der Waals surface area contributed by atoms with Crippen LogP contribution < -0.4 is 4.74 Å². The predicted octanol–water partition coefficient (Wildman–Crippen LogP) is 3.46. The highest BCUT2D eigenvalue weighted by molar-refractivity contribution is 7.99. The average Bonchev–Trinajstić information content (AvgIpc) is 2.45. The van der Waals surface area contributed by atoms with Gasteiger partial charge in [-0.2, -0.15) is 0 Å². The molecule has 0 atom stereocenters. The number of benzene rings is 1. The third-order valence-electron chi connectivity index (χ3n) is 2.53. The van der Waals surface area contributed by atoms with Gasteiger partial charge in [-0.1, -0.05) is 12.1 Å². The number of carbonyl (C=O) groups is 1. The number of ketones is 1. The molecule has 2 aromatic rings. The van der Waals surface area contributed by atoms with Gasteiger partial charge in [-0.25, -0.2) is 0 Å². The monoisotopic (exact) mass is 273 g/mol. The summed E-state index contributed by atoms with van der Waals surface area (Å²) in [6.45, 7) is 2.12. The van der Waals surface area contributed by atoms with Crippen LogP contribution in [0.2, 0.25) is 0 Å². The lowest BCUT2D eigenvalue weighted by Crippen LogP contribution is -2.04. The highest BCUT2D eigenvalue weighted by Crippen LogP contribution is 2.20. The molecule has 0 bridgehead atoms. The molecule has 3 nitrogen and oxygen atoms in total. The van der Waals surface area contributed by atoms with Gasteiger partial charge in [0.25, 0.3) is 0 Å². The summed E-state index contributed by atoms with van der Waals surface area (Å²) in [5, 5.41) is 0. The van der Waals surface area contributed by atoms with Crippen LogP contribution in [0.15, 0.2) is 53.7 Å². The van der Waals surface area contributed by atoms with Crippen molar-refractivity contribution < 1.29 is 9.53 Å². The average molecular weight is 273 g/mol. The van der Waals surface area contributed by atoms with Crippen molar-refractivity contribution >= 4 is 17.5 Å². The highest BCUT2D eigenvalue weighted by Gasteiger charge is 2.06. The number of nitrogens with zero attached hydrogens (tertiary/aromatic N) is 1. The van der Waals surface area contributed by atoms with Gasteiger partial charge in [0.05, 0.1) is 12.2 Å². The second kappa shape index (κ2) is 6.95. The van der Waals surface area contributed by atoms with E-state index < -0.39 is 0 Å². The van der Waals surface area contributed by atoms with Gasteiger partial charge in [0.1, 0.15) is 5.75 Å². The van der Waals surface area contributed by atoms with Gasteiger partial charge < -0.3 is 4.74 Å². The molecule has 0 aliphatic rings. The van der Waals surface area contributed by atoms with Gasteiger partial charge in [0, 0.05) is 23.0 Å². The van der Waals surface area contributed by atoms with Crippen LogP contribution in [0.4, 0.5) is 0 Å². The van der Waals surface area contributed by atoms with Crippen LogP contribution >= 0.6 is 11.8 Å². The minimum absolute atomic E-state index is 0.0254. The Kier molecular flexibility index (Phi) is 4.98. The molecular formula is C15H15NO2S. The molecule has 19 heavy (non-hydrogen) atoms. The molecule has 0 fully saturated rings. The van der Waals surface area contributed by atoms with E-state index in [0.717, 1.165) is 5.75 Å². The maximum Gasteiger partial charge on any atom is 0.163 e. The lowest BCUT2D eigenvalue weighted by molar-refractivity contribution is 0.101. The van der Waals surface area contributed by atoms with Crippen molar-refractivity contribution in [2.45, 2.75) is 11.8 Å². The zero-order chi connectivity index (χ0) is 13.5. The Bertz CT molecular complexity index is 543. The second-order valence-corrected chi connectivity index (χ2v) is 5.10. The third-order valence-corrected chi connectivity index (χ3v) is 3.50. The van der Waals surface area contributed by atoms with E-state index in [1.807, 2.05) is 30.3 Å². The molecule has 0 radical (unpaired) electrons. The number of thioether (sulfide) groups is 1. The zero-order valence-corrected chi connectivity index (χ0v) is 11.5. The molecule has 0 aliphatic carbocycles. The maximum absolute atomic E-state index is 11.4. The van der Waals surface area contributed by atoms with Crippen molar-refractivity contribution in [1.82, 2.24) is 4.98 Å². The van der Waals surface area contributed by atoms with Crippen molar-refractivity contribution in [2.75, 3.05) is 12.4 Å². The quantitative estimate of drug-likeness (QED) is 0.459. The van der Waals surface area contributed by atoms with Crippen molar-refractivity contribution in [3.8, 4) is 5.75 Å². The fourth-order valence-corrected chi connectivity index (χ4v) is 2.35. The summed E-state index contributed by atoms with van der Waals surface area (Å²) in [6, 6.07) is 11.3. The van der Waals surface area contributed by atoms with Gasteiger partial charge in [-0.3, -0.25) is 9.78 Å². The molecule has 0 saturated heterocycles. The van der Waals surface area contributed by atoms with Gasteiger partial charge in [-0.05, 0) is 31.2 Å². The van der Waals surface area contributed by atoms with Gasteiger partial charge in [0.15, 0.2) is 5.78 Å². The molecule has 4 heteroatoms. The Morgan fingerprint density at radius 1 is 1.21 bits per heavy atom. The number of para-hydroxylation sites is 1. The fourth-order valence-electron chi connectivity index (χ4n) is 1.63. The van der Waals surface area contributed by atoms with Gasteiger partial charge in [0.2, 0.25) is 0 Å². The van der Waals surface area contributed by atoms with Crippen molar-refractivity contribution in [3.63, 3.8) is 0 Å². The molecule has 1 heterocycles. The van der Waals surface area contributed by atoms with Crippen LogP contribution in [0.5, 0.6) is 5.75 Å². The summed E-state index contributed by atoms with van der Waals surface area (Å²) < 4.78 is 5.66. The van der Waals surface area contributed by atoms with Crippen LogP contribution in [0, 0.1) is 0 Å². The molecule has 0 unspecified atom stereocenters. The summed E-state index contributed by atoms with van der Waals surface area (Å²) in [4.78, 5) is 16.6. The van der Waals surface area contributed by atoms with E-state index in [1.54, 1.807) is 37.1 Å². The number of Topliss-reactive ketones (excluding diaryl/α,β-unsaturated/α-hetero) is 1. The number of hydrogen-bond donors (Lipinski definition) is 0. The summed E-state index contributed by atoms with van der Waals surface area (Å²) in [7, 11) is 0. The Morgan fingerprint density at radius 3 is 2.68 bits per heavy atom. The standard InChI is InChI=1S/C15H15NO2S/c1-12(17)14-4-2-3-5-15(14)18-10-11-19-13-6-8-16-9-7-13/h2-9H,10-11H2,1H3. The molecule has 2 rings (SSSR count). The minimum Gasteiger partial charge on any atom is -0.492 e. The van der Waals surface area contributed by atoms with E-state index >= 15 is 0 Å². The predicted molar refractivity (Wildman–Crippen MR) is 76.9 cm³/mol. The minimum atomic E-state index is 0.0254. The van der Waals surface area contributed by atoms with Crippen LogP contribution in [0.1, 0.15) is 17.3 Å². The molecule has 98 valence electrons. The summed E-state index contributed by atoms with van der Waals surface area (Å²) >= 11 is 1.70. The Labute approximate surface area is 117 Å². The number of rotatable bonds is 6. The largest absolute Gasteiger partial charge is 0.492 e. The molecule has 0 N–H and O–H groups in total. The number of aromatic nitrogens is 1. The summed E-state index contributed by atoms with van der Waals surface area (Å²) in [6.07, 6.45) is 3.54. The smallest absolute Gasteiger partial charge is 0.163 e. The fraction of sp³-hybridized carbons (Fsp3) is 0.200. The van der Waals surface area contributed by atoms with Crippen molar-refractivity contribution in [3.05, 3.63) is 54.4 Å². The molecule has 0 amide bonds. The van der Waals surface area contributed by atoms with Crippen LogP contribution in [-0.2, 0) is 0 Å². The number of pyridine rings is 1. The molecule has 0 saturated carbocycles. The van der Waals surface area contributed by atoms with E-state index in [2.05, 4.69) is 4.98 Å². The first-order chi connectivity index (χ1) is 9.27. The lowest BCUT2D eigenvalue weighted by atomic mass is 10.1. The Balaban J connectivity index is 1.85.